The molecule has 14 rings (SSSR count). The van der Waals surface area contributed by atoms with Crippen molar-refractivity contribution in [1.29, 1.82) is 0 Å². The van der Waals surface area contributed by atoms with Crippen LogP contribution in [0.15, 0.2) is 217 Å². The summed E-state index contributed by atoms with van der Waals surface area (Å²) in [5.74, 6) is 1.80. The molecule has 4 heterocycles. The van der Waals surface area contributed by atoms with Crippen molar-refractivity contribution in [2.75, 3.05) is 0 Å². The molecule has 0 atom stereocenters. The number of hydrogen-bond donors (Lipinski definition) is 0. The Balaban J connectivity index is 1.07. The van der Waals surface area contributed by atoms with E-state index >= 15 is 0 Å². The Kier molecular flexibility index (Phi) is 7.59. The van der Waals surface area contributed by atoms with Crippen LogP contribution in [0.3, 0.4) is 0 Å². The van der Waals surface area contributed by atoms with E-state index in [0.717, 1.165) is 88.1 Å². The number of aromatic nitrogens is 5. The van der Waals surface area contributed by atoms with Gasteiger partial charge in [0.25, 0.3) is 0 Å². The molecule has 0 radical (unpaired) electrons. The van der Waals surface area contributed by atoms with Crippen molar-refractivity contribution in [1.82, 2.24) is 24.1 Å². The molecule has 0 aliphatic rings. The van der Waals surface area contributed by atoms with Gasteiger partial charge >= 0.3 is 0 Å². The van der Waals surface area contributed by atoms with Gasteiger partial charge in [-0.15, -0.1) is 0 Å². The van der Waals surface area contributed by atoms with Crippen LogP contribution in [0.5, 0.6) is 0 Å². The molecule has 65 heavy (non-hydrogen) atoms. The molecular weight excluding hydrogens is 795 g/mol. The second kappa shape index (κ2) is 13.8. The van der Waals surface area contributed by atoms with E-state index in [1.165, 1.54) is 27.1 Å². The third-order valence-electron chi connectivity index (χ3n) is 13.1. The number of para-hydroxylation sites is 3. The van der Waals surface area contributed by atoms with Crippen LogP contribution >= 0.6 is 0 Å². The van der Waals surface area contributed by atoms with Crippen molar-refractivity contribution in [3.8, 4) is 45.5 Å². The lowest BCUT2D eigenvalue weighted by Gasteiger charge is -2.13. The minimum absolute atomic E-state index is 0.581. The summed E-state index contributed by atoms with van der Waals surface area (Å²) in [5.41, 5.74) is 11.1. The summed E-state index contributed by atoms with van der Waals surface area (Å²) in [5, 5.41) is 11.2. The average molecular weight is 830 g/mol. The summed E-state index contributed by atoms with van der Waals surface area (Å²) in [6.07, 6.45) is 0. The molecule has 302 valence electrons. The highest BCUT2D eigenvalue weighted by Gasteiger charge is 2.24. The Bertz CT molecular complexity index is 4240. The van der Waals surface area contributed by atoms with E-state index in [4.69, 9.17) is 19.4 Å². The maximum absolute atomic E-state index is 6.93. The Morgan fingerprint density at radius 2 is 0.938 bits per heavy atom. The molecule has 0 aliphatic carbocycles. The van der Waals surface area contributed by atoms with Crippen LogP contribution in [0, 0.1) is 0 Å². The Morgan fingerprint density at radius 3 is 1.71 bits per heavy atom. The van der Waals surface area contributed by atoms with Gasteiger partial charge in [-0.1, -0.05) is 158 Å². The molecule has 0 saturated heterocycles. The van der Waals surface area contributed by atoms with E-state index in [1.807, 2.05) is 24.3 Å². The Hall–Kier alpha value is -8.87. The second-order valence-corrected chi connectivity index (χ2v) is 16.8. The number of furan rings is 1. The van der Waals surface area contributed by atoms with Crippen molar-refractivity contribution in [2.45, 2.75) is 0 Å². The topological polar surface area (TPSA) is 61.7 Å². The standard InChI is InChI=1S/C59H35N5O/c1-3-17-37(18-4-1)57-60-58(39-31-30-36-16-7-8-19-38(36)32-39)62-59(61-57)45-26-15-29-54-55(45)48-34-51(41-22-9-10-25-44(41)56(48)65-54)64-50-28-14-12-24-43(50)47-33-46-42-23-11-13-27-49(42)63(52(46)35-53(47)64)40-20-5-2-6-21-40/h1-35H. The maximum Gasteiger partial charge on any atom is 0.164 e. The van der Waals surface area contributed by atoms with Crippen LogP contribution in [0.1, 0.15) is 0 Å². The van der Waals surface area contributed by atoms with Crippen LogP contribution in [0.2, 0.25) is 0 Å². The summed E-state index contributed by atoms with van der Waals surface area (Å²) in [7, 11) is 0. The van der Waals surface area contributed by atoms with E-state index in [2.05, 4.69) is 197 Å². The fourth-order valence-corrected chi connectivity index (χ4v) is 10.2. The third-order valence-corrected chi connectivity index (χ3v) is 13.1. The zero-order chi connectivity index (χ0) is 42.6. The van der Waals surface area contributed by atoms with E-state index < -0.39 is 0 Å². The highest BCUT2D eigenvalue weighted by atomic mass is 16.3. The highest BCUT2D eigenvalue weighted by Crippen LogP contribution is 2.45. The molecule has 0 fully saturated rings. The van der Waals surface area contributed by atoms with E-state index in [0.29, 0.717) is 17.5 Å². The van der Waals surface area contributed by atoms with Gasteiger partial charge in [-0.3, -0.25) is 0 Å². The zero-order valence-corrected chi connectivity index (χ0v) is 34.9. The SMILES string of the molecule is c1ccc(-c2nc(-c3ccc4ccccc4c3)nc(-c3cccc4oc5c6ccccc6c(-n6c7ccccc7c7cc8c9ccccc9n(-c9ccccc9)c8cc76)cc5c34)n2)cc1. The predicted octanol–water partition coefficient (Wildman–Crippen LogP) is 15.3. The Morgan fingerprint density at radius 1 is 0.338 bits per heavy atom. The zero-order valence-electron chi connectivity index (χ0n) is 34.9. The van der Waals surface area contributed by atoms with E-state index in [-0.39, 0.29) is 0 Å². The largest absolute Gasteiger partial charge is 0.455 e. The van der Waals surface area contributed by atoms with Gasteiger partial charge in [0, 0.05) is 65.5 Å². The van der Waals surface area contributed by atoms with Gasteiger partial charge < -0.3 is 13.6 Å². The molecule has 6 nitrogen and oxygen atoms in total. The summed E-state index contributed by atoms with van der Waals surface area (Å²) in [6, 6.07) is 75.0. The number of rotatable bonds is 5. The van der Waals surface area contributed by atoms with Crippen LogP contribution in [0.25, 0.3) is 133 Å². The summed E-state index contributed by atoms with van der Waals surface area (Å²) < 4.78 is 11.8. The molecule has 0 saturated carbocycles. The first kappa shape index (κ1) is 35.7. The lowest BCUT2D eigenvalue weighted by atomic mass is 10.0. The fourth-order valence-electron chi connectivity index (χ4n) is 10.2. The molecule has 10 aromatic carbocycles. The predicted molar refractivity (Wildman–Crippen MR) is 267 cm³/mol. The van der Waals surface area contributed by atoms with Gasteiger partial charge in [-0.2, -0.15) is 0 Å². The molecule has 0 N–H and O–H groups in total. The molecule has 0 spiro atoms. The lowest BCUT2D eigenvalue weighted by molar-refractivity contribution is 0.672. The van der Waals surface area contributed by atoms with E-state index in [1.54, 1.807) is 0 Å². The van der Waals surface area contributed by atoms with Gasteiger partial charge in [0.1, 0.15) is 11.2 Å². The van der Waals surface area contributed by atoms with Crippen LogP contribution in [-0.2, 0) is 0 Å². The fraction of sp³-hybridized carbons (Fsp3) is 0. The molecule has 4 aromatic heterocycles. The monoisotopic (exact) mass is 829 g/mol. The van der Waals surface area contributed by atoms with Gasteiger partial charge in [0.2, 0.25) is 0 Å². The average Bonchev–Trinajstić information content (AvgIpc) is 4.03. The van der Waals surface area contributed by atoms with Crippen molar-refractivity contribution >= 4 is 87.1 Å². The number of fused-ring (bicyclic) bond motifs is 12. The molecule has 6 heteroatoms. The van der Waals surface area contributed by atoms with Crippen LogP contribution in [0.4, 0.5) is 0 Å². The first-order chi connectivity index (χ1) is 32.2. The minimum Gasteiger partial charge on any atom is -0.455 e. The molecule has 14 aromatic rings. The number of nitrogens with zero attached hydrogens (tertiary/aromatic N) is 5. The number of hydrogen-bond acceptors (Lipinski definition) is 4. The number of benzene rings is 10. The van der Waals surface area contributed by atoms with Gasteiger partial charge in [0.15, 0.2) is 17.5 Å². The summed E-state index contributed by atoms with van der Waals surface area (Å²) >= 11 is 0. The smallest absolute Gasteiger partial charge is 0.164 e. The minimum atomic E-state index is 0.581. The Labute approximate surface area is 371 Å². The first-order valence-corrected chi connectivity index (χ1v) is 21.9. The quantitative estimate of drug-likeness (QED) is 0.173. The van der Waals surface area contributed by atoms with Crippen molar-refractivity contribution in [2.24, 2.45) is 0 Å². The summed E-state index contributed by atoms with van der Waals surface area (Å²) in [6.45, 7) is 0. The van der Waals surface area contributed by atoms with Gasteiger partial charge in [-0.05, 0) is 65.4 Å². The molecule has 0 unspecified atom stereocenters. The van der Waals surface area contributed by atoms with E-state index in [9.17, 15) is 0 Å². The summed E-state index contributed by atoms with van der Waals surface area (Å²) in [4.78, 5) is 15.6. The molecular formula is C59H35N5O. The molecule has 0 bridgehead atoms. The molecule has 0 aliphatic heterocycles. The van der Waals surface area contributed by atoms with Crippen LogP contribution < -0.4 is 0 Å². The normalized spacial score (nSPS) is 12.0. The first-order valence-electron chi connectivity index (χ1n) is 21.9. The molecule has 0 amide bonds. The lowest BCUT2D eigenvalue weighted by Crippen LogP contribution is -2.00. The maximum atomic E-state index is 6.93. The van der Waals surface area contributed by atoms with Gasteiger partial charge in [0.05, 0.1) is 27.8 Å². The third kappa shape index (κ3) is 5.38. The van der Waals surface area contributed by atoms with Gasteiger partial charge in [-0.25, -0.2) is 15.0 Å². The second-order valence-electron chi connectivity index (χ2n) is 16.8. The van der Waals surface area contributed by atoms with Crippen molar-refractivity contribution < 1.29 is 4.42 Å². The van der Waals surface area contributed by atoms with Crippen LogP contribution in [-0.4, -0.2) is 24.1 Å². The van der Waals surface area contributed by atoms with Crippen molar-refractivity contribution in [3.63, 3.8) is 0 Å². The highest BCUT2D eigenvalue weighted by molar-refractivity contribution is 6.23. The van der Waals surface area contributed by atoms with Crippen molar-refractivity contribution in [3.05, 3.63) is 212 Å².